The predicted molar refractivity (Wildman–Crippen MR) is 39.4 cm³/mol. The Morgan fingerprint density at radius 1 is 1.10 bits per heavy atom. The molecule has 0 aliphatic heterocycles. The maximum Gasteiger partial charge on any atom is 0.0687 e. The van der Waals surface area contributed by atoms with Gasteiger partial charge in [0.25, 0.3) is 0 Å². The molecular weight excluding hydrogens is 132 g/mol. The standard InChI is InChI=1S/C6H16N2O2/c7-2-1-5(9)3-6(10)4-8/h5-6,9-10H,1-4,7-8H2. The summed E-state index contributed by atoms with van der Waals surface area (Å²) in [6.45, 7) is 0.639. The molecule has 0 aliphatic rings. The van der Waals surface area contributed by atoms with Gasteiger partial charge in [0.15, 0.2) is 0 Å². The fourth-order valence-electron chi connectivity index (χ4n) is 0.721. The first-order valence-electron chi connectivity index (χ1n) is 3.47. The van der Waals surface area contributed by atoms with E-state index in [-0.39, 0.29) is 6.54 Å². The van der Waals surface area contributed by atoms with Gasteiger partial charge in [-0.2, -0.15) is 0 Å². The zero-order chi connectivity index (χ0) is 7.98. The Bertz CT molecular complexity index is 80.1. The molecule has 4 nitrogen and oxygen atoms in total. The lowest BCUT2D eigenvalue weighted by atomic mass is 10.1. The van der Waals surface area contributed by atoms with Gasteiger partial charge in [0.2, 0.25) is 0 Å². The Kier molecular flexibility index (Phi) is 5.52. The molecule has 0 aromatic rings. The predicted octanol–water partition coefficient (Wildman–Crippen LogP) is -1.59. The molecule has 6 N–H and O–H groups in total. The van der Waals surface area contributed by atoms with Crippen molar-refractivity contribution in [3.63, 3.8) is 0 Å². The van der Waals surface area contributed by atoms with Crippen molar-refractivity contribution in [2.45, 2.75) is 25.0 Å². The third-order valence-corrected chi connectivity index (χ3v) is 1.32. The fourth-order valence-corrected chi connectivity index (χ4v) is 0.721. The number of aliphatic hydroxyl groups excluding tert-OH is 2. The van der Waals surface area contributed by atoms with Crippen LogP contribution in [-0.2, 0) is 0 Å². The van der Waals surface area contributed by atoms with Crippen LogP contribution in [0.4, 0.5) is 0 Å². The molecule has 0 saturated heterocycles. The maximum absolute atomic E-state index is 9.06. The van der Waals surface area contributed by atoms with Crippen molar-refractivity contribution in [3.05, 3.63) is 0 Å². The van der Waals surface area contributed by atoms with Gasteiger partial charge in [-0.25, -0.2) is 0 Å². The average molecular weight is 148 g/mol. The van der Waals surface area contributed by atoms with Gasteiger partial charge in [0.1, 0.15) is 0 Å². The number of rotatable bonds is 5. The van der Waals surface area contributed by atoms with Crippen molar-refractivity contribution in [1.29, 1.82) is 0 Å². The van der Waals surface area contributed by atoms with E-state index in [0.717, 1.165) is 0 Å². The molecule has 0 bridgehead atoms. The van der Waals surface area contributed by atoms with Gasteiger partial charge in [-0.05, 0) is 13.0 Å². The summed E-state index contributed by atoms with van der Waals surface area (Å²) in [5, 5.41) is 18.0. The van der Waals surface area contributed by atoms with Crippen LogP contribution in [0, 0.1) is 0 Å². The van der Waals surface area contributed by atoms with Crippen LogP contribution in [-0.4, -0.2) is 35.5 Å². The summed E-state index contributed by atoms with van der Waals surface area (Å²) in [5.41, 5.74) is 10.3. The molecule has 0 spiro atoms. The lowest BCUT2D eigenvalue weighted by Crippen LogP contribution is -2.26. The van der Waals surface area contributed by atoms with Crippen LogP contribution >= 0.6 is 0 Å². The van der Waals surface area contributed by atoms with Gasteiger partial charge in [0, 0.05) is 13.0 Å². The third-order valence-electron chi connectivity index (χ3n) is 1.32. The normalized spacial score (nSPS) is 16.8. The zero-order valence-electron chi connectivity index (χ0n) is 6.03. The quantitative estimate of drug-likeness (QED) is 0.378. The summed E-state index contributed by atoms with van der Waals surface area (Å²) in [6.07, 6.45) is -0.254. The molecule has 10 heavy (non-hydrogen) atoms. The smallest absolute Gasteiger partial charge is 0.0687 e. The van der Waals surface area contributed by atoms with E-state index in [4.69, 9.17) is 21.7 Å². The second kappa shape index (κ2) is 5.61. The van der Waals surface area contributed by atoms with Crippen molar-refractivity contribution >= 4 is 0 Å². The lowest BCUT2D eigenvalue weighted by Gasteiger charge is -2.12. The molecular formula is C6H16N2O2. The van der Waals surface area contributed by atoms with Gasteiger partial charge in [0.05, 0.1) is 12.2 Å². The van der Waals surface area contributed by atoms with Gasteiger partial charge in [-0.15, -0.1) is 0 Å². The van der Waals surface area contributed by atoms with Crippen LogP contribution in [0.25, 0.3) is 0 Å². The molecule has 0 aromatic heterocycles. The Morgan fingerprint density at radius 3 is 2.10 bits per heavy atom. The summed E-state index contributed by atoms with van der Waals surface area (Å²) >= 11 is 0. The van der Waals surface area contributed by atoms with E-state index in [1.807, 2.05) is 0 Å². The van der Waals surface area contributed by atoms with Crippen LogP contribution in [0.1, 0.15) is 12.8 Å². The first kappa shape index (κ1) is 9.84. The summed E-state index contributed by atoms with van der Waals surface area (Å²) in [7, 11) is 0. The molecule has 0 aromatic carbocycles. The van der Waals surface area contributed by atoms with Crippen molar-refractivity contribution in [2.24, 2.45) is 11.5 Å². The molecule has 0 saturated carbocycles. The van der Waals surface area contributed by atoms with Crippen LogP contribution in [0.5, 0.6) is 0 Å². The topological polar surface area (TPSA) is 92.5 Å². The zero-order valence-corrected chi connectivity index (χ0v) is 6.03. The van der Waals surface area contributed by atoms with Gasteiger partial charge in [-0.3, -0.25) is 0 Å². The number of hydrogen-bond acceptors (Lipinski definition) is 4. The number of nitrogens with two attached hydrogens (primary N) is 2. The molecule has 0 heterocycles. The van der Waals surface area contributed by atoms with Crippen molar-refractivity contribution in [2.75, 3.05) is 13.1 Å². The second-order valence-electron chi connectivity index (χ2n) is 2.36. The van der Waals surface area contributed by atoms with E-state index in [0.29, 0.717) is 19.4 Å². The summed E-state index contributed by atoms with van der Waals surface area (Å²) in [4.78, 5) is 0. The van der Waals surface area contributed by atoms with E-state index in [1.165, 1.54) is 0 Å². The van der Waals surface area contributed by atoms with Crippen LogP contribution in [0.2, 0.25) is 0 Å². The van der Waals surface area contributed by atoms with Crippen molar-refractivity contribution in [1.82, 2.24) is 0 Å². The van der Waals surface area contributed by atoms with E-state index in [1.54, 1.807) is 0 Å². The monoisotopic (exact) mass is 148 g/mol. The molecule has 0 amide bonds. The SMILES string of the molecule is NCCC(O)CC(O)CN. The largest absolute Gasteiger partial charge is 0.393 e. The highest BCUT2D eigenvalue weighted by atomic mass is 16.3. The Morgan fingerprint density at radius 2 is 1.70 bits per heavy atom. The average Bonchev–Trinajstić information content (AvgIpc) is 1.88. The van der Waals surface area contributed by atoms with Crippen molar-refractivity contribution < 1.29 is 10.2 Å². The summed E-state index contributed by atoms with van der Waals surface area (Å²) in [5.74, 6) is 0. The number of aliphatic hydroxyl groups is 2. The minimum atomic E-state index is -0.596. The molecule has 2 atom stereocenters. The Hall–Kier alpha value is -0.160. The van der Waals surface area contributed by atoms with Crippen LogP contribution in [0.3, 0.4) is 0 Å². The fraction of sp³-hybridized carbons (Fsp3) is 1.00. The molecule has 0 aliphatic carbocycles. The molecule has 62 valence electrons. The third kappa shape index (κ3) is 4.69. The summed E-state index contributed by atoms with van der Waals surface area (Å²) in [6, 6.07) is 0. The minimum Gasteiger partial charge on any atom is -0.393 e. The molecule has 0 fully saturated rings. The minimum absolute atomic E-state index is 0.196. The van der Waals surface area contributed by atoms with E-state index < -0.39 is 12.2 Å². The van der Waals surface area contributed by atoms with Crippen LogP contribution < -0.4 is 11.5 Å². The Labute approximate surface area is 60.8 Å². The highest BCUT2D eigenvalue weighted by Crippen LogP contribution is 1.99. The van der Waals surface area contributed by atoms with E-state index in [9.17, 15) is 0 Å². The highest BCUT2D eigenvalue weighted by molar-refractivity contribution is 4.63. The highest BCUT2D eigenvalue weighted by Gasteiger charge is 2.08. The number of hydrogen-bond donors (Lipinski definition) is 4. The van der Waals surface area contributed by atoms with E-state index >= 15 is 0 Å². The van der Waals surface area contributed by atoms with E-state index in [2.05, 4.69) is 0 Å². The van der Waals surface area contributed by atoms with Crippen molar-refractivity contribution in [3.8, 4) is 0 Å². The van der Waals surface area contributed by atoms with Crippen LogP contribution in [0.15, 0.2) is 0 Å². The molecule has 2 unspecified atom stereocenters. The first-order valence-corrected chi connectivity index (χ1v) is 3.47. The molecule has 0 rings (SSSR count). The van der Waals surface area contributed by atoms with Gasteiger partial charge in [-0.1, -0.05) is 0 Å². The lowest BCUT2D eigenvalue weighted by molar-refractivity contribution is 0.0815. The molecule has 0 radical (unpaired) electrons. The first-order chi connectivity index (χ1) is 4.70. The van der Waals surface area contributed by atoms with Gasteiger partial charge >= 0.3 is 0 Å². The second-order valence-corrected chi connectivity index (χ2v) is 2.36. The summed E-state index contributed by atoms with van der Waals surface area (Å²) < 4.78 is 0. The molecule has 4 heteroatoms. The Balaban J connectivity index is 3.27. The van der Waals surface area contributed by atoms with Gasteiger partial charge < -0.3 is 21.7 Å². The maximum atomic E-state index is 9.06.